The van der Waals surface area contributed by atoms with Crippen LogP contribution < -0.4 is 15.4 Å². The molecular weight excluding hydrogens is 442 g/mol. The summed E-state index contributed by atoms with van der Waals surface area (Å²) in [6, 6.07) is 12.0. The summed E-state index contributed by atoms with van der Waals surface area (Å²) in [6.07, 6.45) is 2.28. The van der Waals surface area contributed by atoms with Crippen LogP contribution in [-0.2, 0) is 26.0 Å². The Morgan fingerprint density at radius 3 is 2.61 bits per heavy atom. The van der Waals surface area contributed by atoms with Crippen molar-refractivity contribution in [2.24, 2.45) is 5.92 Å². The number of nitrogens with zero attached hydrogens (tertiary/aromatic N) is 1. The smallest absolute Gasteiger partial charge is 0.262 e. The second kappa shape index (κ2) is 9.93. The monoisotopic (exact) mass is 471 g/mol. The molecule has 4 rings (SSSR count). The van der Waals surface area contributed by atoms with E-state index >= 15 is 0 Å². The van der Waals surface area contributed by atoms with Crippen molar-refractivity contribution in [2.75, 3.05) is 36.1 Å². The predicted octanol–water partition coefficient (Wildman–Crippen LogP) is 3.05. The van der Waals surface area contributed by atoms with Crippen LogP contribution in [0.5, 0.6) is 5.75 Å². The molecule has 0 spiro atoms. The van der Waals surface area contributed by atoms with Gasteiger partial charge in [0.25, 0.3) is 5.91 Å². The summed E-state index contributed by atoms with van der Waals surface area (Å²) in [4.78, 5) is 26.3. The quantitative estimate of drug-likeness (QED) is 0.643. The highest BCUT2D eigenvalue weighted by atomic mass is 32.2. The Balaban J connectivity index is 1.29. The van der Waals surface area contributed by atoms with Gasteiger partial charge in [0.2, 0.25) is 5.91 Å². The van der Waals surface area contributed by atoms with Crippen molar-refractivity contribution in [1.29, 1.82) is 0 Å². The summed E-state index contributed by atoms with van der Waals surface area (Å²) in [7, 11) is -3.70. The Labute approximate surface area is 194 Å². The molecule has 0 saturated carbocycles. The Bertz CT molecular complexity index is 1120. The number of fused-ring (bicyclic) bond motifs is 1. The molecule has 2 N–H and O–H groups in total. The zero-order valence-corrected chi connectivity index (χ0v) is 19.5. The van der Waals surface area contributed by atoms with Crippen LogP contribution in [0.15, 0.2) is 47.4 Å². The third-order valence-corrected chi connectivity index (χ3v) is 7.77. The van der Waals surface area contributed by atoms with E-state index in [9.17, 15) is 18.0 Å². The molecule has 0 radical (unpaired) electrons. The molecule has 2 aromatic rings. The van der Waals surface area contributed by atoms with Crippen LogP contribution in [0.1, 0.15) is 31.7 Å². The number of hydrogen-bond acceptors (Lipinski definition) is 6. The number of rotatable bonds is 7. The molecule has 2 aliphatic heterocycles. The van der Waals surface area contributed by atoms with Crippen molar-refractivity contribution in [3.05, 3.63) is 48.0 Å². The molecule has 176 valence electrons. The predicted molar refractivity (Wildman–Crippen MR) is 126 cm³/mol. The highest BCUT2D eigenvalue weighted by Gasteiger charge is 2.22. The topological polar surface area (TPSA) is 105 Å². The Kier molecular flexibility index (Phi) is 6.99. The lowest BCUT2D eigenvalue weighted by atomic mass is 9.99. The molecule has 0 aromatic heterocycles. The summed E-state index contributed by atoms with van der Waals surface area (Å²) in [6.45, 7) is 5.31. The summed E-state index contributed by atoms with van der Waals surface area (Å²) in [5.41, 5.74) is 2.14. The van der Waals surface area contributed by atoms with Gasteiger partial charge >= 0.3 is 0 Å². The summed E-state index contributed by atoms with van der Waals surface area (Å²) in [5, 5.41) is 5.36. The largest absolute Gasteiger partial charge is 0.482 e. The first kappa shape index (κ1) is 23.3. The number of hydrogen-bond donors (Lipinski definition) is 2. The maximum absolute atomic E-state index is 12.7. The maximum Gasteiger partial charge on any atom is 0.262 e. The van der Waals surface area contributed by atoms with E-state index in [1.165, 1.54) is 36.6 Å². The van der Waals surface area contributed by atoms with Crippen LogP contribution in [0.25, 0.3) is 0 Å². The molecule has 9 heteroatoms. The summed E-state index contributed by atoms with van der Waals surface area (Å²) >= 11 is 0. The van der Waals surface area contributed by atoms with E-state index in [0.717, 1.165) is 25.6 Å². The third kappa shape index (κ3) is 6.11. The van der Waals surface area contributed by atoms with E-state index in [1.807, 2.05) is 24.3 Å². The second-order valence-electron chi connectivity index (χ2n) is 8.77. The number of benzene rings is 2. The van der Waals surface area contributed by atoms with Gasteiger partial charge in [-0.3, -0.25) is 14.5 Å². The number of sulfone groups is 1. The van der Waals surface area contributed by atoms with Crippen LogP contribution in [0.4, 0.5) is 11.4 Å². The highest BCUT2D eigenvalue weighted by molar-refractivity contribution is 7.91. The van der Waals surface area contributed by atoms with Gasteiger partial charge in [0.05, 0.1) is 16.3 Å². The zero-order valence-electron chi connectivity index (χ0n) is 18.7. The van der Waals surface area contributed by atoms with Gasteiger partial charge in [-0.25, -0.2) is 8.42 Å². The molecule has 0 bridgehead atoms. The first-order valence-corrected chi connectivity index (χ1v) is 12.8. The van der Waals surface area contributed by atoms with Gasteiger partial charge in [0.15, 0.2) is 16.4 Å². The Hall–Kier alpha value is -2.91. The normalized spacial score (nSPS) is 17.1. The highest BCUT2D eigenvalue weighted by Crippen LogP contribution is 2.30. The molecule has 0 unspecified atom stereocenters. The van der Waals surface area contributed by atoms with Gasteiger partial charge in [-0.05, 0) is 67.7 Å². The number of amides is 2. The molecule has 0 aliphatic carbocycles. The number of carbonyl (C=O) groups excluding carboxylic acids is 2. The lowest BCUT2D eigenvalue weighted by Crippen LogP contribution is -2.32. The molecule has 0 atom stereocenters. The molecule has 2 aliphatic rings. The SMILES string of the molecule is CC1CCN(Cc2ccc(NC(=O)CCS(=O)(=O)c3ccc4c(c3)NC(=O)CO4)cc2)CC1. The molecule has 8 nitrogen and oxygen atoms in total. The summed E-state index contributed by atoms with van der Waals surface area (Å²) in [5.74, 6) is 0.172. The molecule has 33 heavy (non-hydrogen) atoms. The number of ether oxygens (including phenoxy) is 1. The average molecular weight is 472 g/mol. The van der Waals surface area contributed by atoms with Crippen LogP contribution >= 0.6 is 0 Å². The van der Waals surface area contributed by atoms with Gasteiger partial charge < -0.3 is 15.4 Å². The lowest BCUT2D eigenvalue weighted by molar-refractivity contribution is -0.118. The fraction of sp³-hybridized carbons (Fsp3) is 0.417. The number of carbonyl (C=O) groups is 2. The minimum absolute atomic E-state index is 0.0382. The molecule has 2 heterocycles. The first-order chi connectivity index (χ1) is 15.8. The molecule has 2 amide bonds. The fourth-order valence-corrected chi connectivity index (χ4v) is 5.26. The number of piperidine rings is 1. The lowest BCUT2D eigenvalue weighted by Gasteiger charge is -2.30. The van der Waals surface area contributed by atoms with E-state index < -0.39 is 9.84 Å². The number of likely N-dealkylation sites (tertiary alicyclic amines) is 1. The van der Waals surface area contributed by atoms with Crippen LogP contribution in [-0.4, -0.2) is 50.6 Å². The fourth-order valence-electron chi connectivity index (χ4n) is 4.00. The van der Waals surface area contributed by atoms with Crippen molar-refractivity contribution in [2.45, 2.75) is 37.6 Å². The third-order valence-electron chi connectivity index (χ3n) is 6.06. The van der Waals surface area contributed by atoms with E-state index in [-0.39, 0.29) is 35.5 Å². The van der Waals surface area contributed by atoms with Crippen LogP contribution in [0, 0.1) is 5.92 Å². The van der Waals surface area contributed by atoms with E-state index in [1.54, 1.807) is 0 Å². The molecular formula is C24H29N3O5S. The van der Waals surface area contributed by atoms with Crippen molar-refractivity contribution in [3.63, 3.8) is 0 Å². The minimum Gasteiger partial charge on any atom is -0.482 e. The van der Waals surface area contributed by atoms with Crippen LogP contribution in [0.3, 0.4) is 0 Å². The van der Waals surface area contributed by atoms with E-state index in [2.05, 4.69) is 22.5 Å². The molecule has 1 fully saturated rings. The van der Waals surface area contributed by atoms with Gasteiger partial charge in [0, 0.05) is 18.7 Å². The minimum atomic E-state index is -3.70. The van der Waals surface area contributed by atoms with Crippen LogP contribution in [0.2, 0.25) is 0 Å². The zero-order chi connectivity index (χ0) is 23.4. The Morgan fingerprint density at radius 2 is 1.88 bits per heavy atom. The number of anilines is 2. The average Bonchev–Trinajstić information content (AvgIpc) is 2.80. The van der Waals surface area contributed by atoms with Gasteiger partial charge in [-0.1, -0.05) is 19.1 Å². The van der Waals surface area contributed by atoms with Gasteiger partial charge in [-0.2, -0.15) is 0 Å². The Morgan fingerprint density at radius 1 is 1.15 bits per heavy atom. The van der Waals surface area contributed by atoms with Crippen molar-refractivity contribution in [3.8, 4) is 5.75 Å². The van der Waals surface area contributed by atoms with E-state index in [4.69, 9.17) is 4.74 Å². The van der Waals surface area contributed by atoms with Gasteiger partial charge in [-0.15, -0.1) is 0 Å². The van der Waals surface area contributed by atoms with E-state index in [0.29, 0.717) is 17.1 Å². The maximum atomic E-state index is 12.7. The second-order valence-corrected chi connectivity index (χ2v) is 10.9. The number of nitrogens with one attached hydrogen (secondary N) is 2. The molecule has 1 saturated heterocycles. The van der Waals surface area contributed by atoms with Crippen molar-refractivity contribution in [1.82, 2.24) is 4.90 Å². The van der Waals surface area contributed by atoms with Crippen molar-refractivity contribution < 1.29 is 22.7 Å². The standard InChI is InChI=1S/C24H29N3O5S/c1-17-8-11-27(12-9-17)15-18-2-4-19(5-3-18)25-23(28)10-13-33(30,31)20-6-7-22-21(14-20)26-24(29)16-32-22/h2-7,14,17H,8-13,15-16H2,1H3,(H,25,28)(H,26,29). The first-order valence-electron chi connectivity index (χ1n) is 11.2. The summed E-state index contributed by atoms with van der Waals surface area (Å²) < 4.78 is 30.6. The molecule has 2 aromatic carbocycles. The van der Waals surface area contributed by atoms with Crippen molar-refractivity contribution >= 4 is 33.0 Å². The van der Waals surface area contributed by atoms with Gasteiger partial charge in [0.1, 0.15) is 5.75 Å².